The number of nitrogens with zero attached hydrogens (tertiary/aromatic N) is 1. The number of nitrogens with two attached hydrogens (primary N) is 1. The molecular formula is C17H21N3O. The van der Waals surface area contributed by atoms with Crippen LogP contribution in [0.3, 0.4) is 0 Å². The lowest BCUT2D eigenvalue weighted by atomic mass is 9.91. The zero-order valence-electron chi connectivity index (χ0n) is 12.1. The van der Waals surface area contributed by atoms with Gasteiger partial charge in [0.25, 0.3) is 5.91 Å². The van der Waals surface area contributed by atoms with Crippen LogP contribution in [0.2, 0.25) is 0 Å². The molecule has 4 heteroatoms. The minimum atomic E-state index is 0.170. The van der Waals surface area contributed by atoms with Crippen LogP contribution in [-0.4, -0.2) is 28.4 Å². The first-order valence-electron chi connectivity index (χ1n) is 7.91. The van der Waals surface area contributed by atoms with Crippen LogP contribution in [0.1, 0.15) is 42.5 Å². The average Bonchev–Trinajstić information content (AvgIpc) is 3.12. The molecule has 0 spiro atoms. The quantitative estimate of drug-likeness (QED) is 0.790. The third-order valence-electron chi connectivity index (χ3n) is 5.19. The number of H-pyrrole nitrogens is 1. The zero-order valence-corrected chi connectivity index (χ0v) is 12.1. The van der Waals surface area contributed by atoms with Crippen LogP contribution >= 0.6 is 0 Å². The minimum absolute atomic E-state index is 0.170. The van der Waals surface area contributed by atoms with E-state index >= 15 is 0 Å². The first kappa shape index (κ1) is 12.7. The number of carbonyl (C=O) groups is 1. The number of aromatic amines is 1. The Morgan fingerprint density at radius 3 is 3.00 bits per heavy atom. The summed E-state index contributed by atoms with van der Waals surface area (Å²) in [7, 11) is 0. The number of aromatic nitrogens is 1. The number of nitrogens with one attached hydrogen (secondary N) is 1. The SMILES string of the molecule is Nc1ccc2[nH]cc(C(=O)N3CCCC4CCCC43)c2c1. The lowest BCUT2D eigenvalue weighted by molar-refractivity contribution is 0.0550. The van der Waals surface area contributed by atoms with E-state index in [1.54, 1.807) is 0 Å². The Balaban J connectivity index is 1.71. The van der Waals surface area contributed by atoms with Gasteiger partial charge in [0.15, 0.2) is 0 Å². The largest absolute Gasteiger partial charge is 0.399 e. The molecule has 2 fully saturated rings. The van der Waals surface area contributed by atoms with Crippen molar-refractivity contribution in [2.45, 2.75) is 38.1 Å². The molecule has 1 saturated heterocycles. The number of carbonyl (C=O) groups excluding carboxylic acids is 1. The van der Waals surface area contributed by atoms with Crippen molar-refractivity contribution < 1.29 is 4.79 Å². The van der Waals surface area contributed by atoms with Crippen molar-refractivity contribution in [3.8, 4) is 0 Å². The predicted molar refractivity (Wildman–Crippen MR) is 84.1 cm³/mol. The number of likely N-dealkylation sites (tertiary alicyclic amines) is 1. The molecule has 0 radical (unpaired) electrons. The van der Waals surface area contributed by atoms with Gasteiger partial charge in [0.2, 0.25) is 0 Å². The molecule has 0 bridgehead atoms. The highest BCUT2D eigenvalue weighted by Gasteiger charge is 2.38. The Kier molecular flexibility index (Phi) is 2.91. The van der Waals surface area contributed by atoms with Gasteiger partial charge in [0, 0.05) is 35.4 Å². The Bertz CT molecular complexity index is 690. The van der Waals surface area contributed by atoms with Gasteiger partial charge in [0.1, 0.15) is 0 Å². The number of nitrogen functional groups attached to an aromatic ring is 1. The van der Waals surface area contributed by atoms with E-state index in [1.807, 2.05) is 24.4 Å². The van der Waals surface area contributed by atoms with Gasteiger partial charge in [-0.3, -0.25) is 4.79 Å². The number of benzene rings is 1. The van der Waals surface area contributed by atoms with Crippen LogP contribution in [0, 0.1) is 5.92 Å². The molecule has 2 unspecified atom stereocenters. The highest BCUT2D eigenvalue weighted by atomic mass is 16.2. The molecule has 1 aromatic heterocycles. The Morgan fingerprint density at radius 2 is 2.10 bits per heavy atom. The maximum absolute atomic E-state index is 13.0. The lowest BCUT2D eigenvalue weighted by Gasteiger charge is -2.37. The number of anilines is 1. The molecule has 21 heavy (non-hydrogen) atoms. The van der Waals surface area contributed by atoms with E-state index in [0.717, 1.165) is 35.3 Å². The molecule has 1 amide bonds. The van der Waals surface area contributed by atoms with E-state index in [4.69, 9.17) is 5.73 Å². The number of fused-ring (bicyclic) bond motifs is 2. The normalized spacial score (nSPS) is 25.2. The fourth-order valence-corrected chi connectivity index (χ4v) is 4.18. The van der Waals surface area contributed by atoms with Gasteiger partial charge in [-0.25, -0.2) is 0 Å². The van der Waals surface area contributed by atoms with Gasteiger partial charge in [-0.1, -0.05) is 6.42 Å². The average molecular weight is 283 g/mol. The van der Waals surface area contributed by atoms with Crippen LogP contribution in [0.4, 0.5) is 5.69 Å². The smallest absolute Gasteiger partial charge is 0.256 e. The van der Waals surface area contributed by atoms with Crippen molar-refractivity contribution in [2.24, 2.45) is 5.92 Å². The van der Waals surface area contributed by atoms with E-state index < -0.39 is 0 Å². The predicted octanol–water partition coefficient (Wildman–Crippen LogP) is 3.15. The first-order chi connectivity index (χ1) is 10.2. The standard InChI is InChI=1S/C17H21N3O/c18-12-6-7-15-13(9-12)14(10-19-15)17(21)20-8-2-4-11-3-1-5-16(11)20/h6-7,9-11,16,19H,1-5,8,18H2. The zero-order chi connectivity index (χ0) is 14.4. The summed E-state index contributed by atoms with van der Waals surface area (Å²) in [4.78, 5) is 18.3. The van der Waals surface area contributed by atoms with Crippen molar-refractivity contribution >= 4 is 22.5 Å². The lowest BCUT2D eigenvalue weighted by Crippen LogP contribution is -2.46. The Morgan fingerprint density at radius 1 is 1.24 bits per heavy atom. The summed E-state index contributed by atoms with van der Waals surface area (Å²) in [5, 5.41) is 0.945. The summed E-state index contributed by atoms with van der Waals surface area (Å²) in [6.45, 7) is 0.898. The highest BCUT2D eigenvalue weighted by Crippen LogP contribution is 2.38. The molecular weight excluding hydrogens is 262 g/mol. The van der Waals surface area contributed by atoms with Crippen molar-refractivity contribution in [1.82, 2.24) is 9.88 Å². The molecule has 110 valence electrons. The second-order valence-corrected chi connectivity index (χ2v) is 6.41. The van der Waals surface area contributed by atoms with E-state index in [1.165, 1.54) is 25.7 Å². The molecule has 1 aliphatic heterocycles. The highest BCUT2D eigenvalue weighted by molar-refractivity contribution is 6.07. The van der Waals surface area contributed by atoms with E-state index in [2.05, 4.69) is 9.88 Å². The van der Waals surface area contributed by atoms with Crippen LogP contribution < -0.4 is 5.73 Å². The molecule has 2 heterocycles. The monoisotopic (exact) mass is 283 g/mol. The molecule has 4 nitrogen and oxygen atoms in total. The minimum Gasteiger partial charge on any atom is -0.399 e. The van der Waals surface area contributed by atoms with Gasteiger partial charge >= 0.3 is 0 Å². The van der Waals surface area contributed by atoms with E-state index in [-0.39, 0.29) is 5.91 Å². The van der Waals surface area contributed by atoms with Crippen molar-refractivity contribution in [3.63, 3.8) is 0 Å². The molecule has 1 aliphatic carbocycles. The van der Waals surface area contributed by atoms with Crippen molar-refractivity contribution in [3.05, 3.63) is 30.0 Å². The fourth-order valence-electron chi connectivity index (χ4n) is 4.18. The molecule has 1 saturated carbocycles. The van der Waals surface area contributed by atoms with Gasteiger partial charge in [-0.2, -0.15) is 0 Å². The van der Waals surface area contributed by atoms with Crippen LogP contribution in [-0.2, 0) is 0 Å². The summed E-state index contributed by atoms with van der Waals surface area (Å²) >= 11 is 0. The summed E-state index contributed by atoms with van der Waals surface area (Å²) in [5.41, 5.74) is 8.33. The fraction of sp³-hybridized carbons (Fsp3) is 0.471. The van der Waals surface area contributed by atoms with Crippen molar-refractivity contribution in [1.29, 1.82) is 0 Å². The number of hydrogen-bond donors (Lipinski definition) is 2. The summed E-state index contributed by atoms with van der Waals surface area (Å²) in [5.74, 6) is 0.890. The second-order valence-electron chi connectivity index (χ2n) is 6.41. The van der Waals surface area contributed by atoms with E-state index in [0.29, 0.717) is 11.7 Å². The van der Waals surface area contributed by atoms with Gasteiger partial charge < -0.3 is 15.6 Å². The second kappa shape index (κ2) is 4.79. The third-order valence-corrected chi connectivity index (χ3v) is 5.19. The van der Waals surface area contributed by atoms with Gasteiger partial charge in [-0.15, -0.1) is 0 Å². The van der Waals surface area contributed by atoms with Crippen molar-refractivity contribution in [2.75, 3.05) is 12.3 Å². The molecule has 4 rings (SSSR count). The first-order valence-corrected chi connectivity index (χ1v) is 7.91. The number of rotatable bonds is 1. The van der Waals surface area contributed by atoms with Crippen LogP contribution in [0.5, 0.6) is 0 Å². The molecule has 2 aromatic rings. The molecule has 2 aliphatic rings. The summed E-state index contributed by atoms with van der Waals surface area (Å²) in [6, 6.07) is 6.16. The third kappa shape index (κ3) is 2.01. The molecule has 2 atom stereocenters. The molecule has 3 N–H and O–H groups in total. The number of piperidine rings is 1. The maximum Gasteiger partial charge on any atom is 0.256 e. The Hall–Kier alpha value is -1.97. The number of amides is 1. The number of hydrogen-bond acceptors (Lipinski definition) is 2. The summed E-state index contributed by atoms with van der Waals surface area (Å²) in [6.07, 6.45) is 7.98. The van der Waals surface area contributed by atoms with Crippen LogP contribution in [0.15, 0.2) is 24.4 Å². The molecule has 1 aromatic carbocycles. The van der Waals surface area contributed by atoms with Gasteiger partial charge in [0.05, 0.1) is 5.56 Å². The van der Waals surface area contributed by atoms with Gasteiger partial charge in [-0.05, 0) is 49.8 Å². The topological polar surface area (TPSA) is 62.1 Å². The Labute approximate surface area is 124 Å². The van der Waals surface area contributed by atoms with Crippen LogP contribution in [0.25, 0.3) is 10.9 Å². The van der Waals surface area contributed by atoms with E-state index in [9.17, 15) is 4.79 Å². The summed E-state index contributed by atoms with van der Waals surface area (Å²) < 4.78 is 0. The maximum atomic E-state index is 13.0.